The van der Waals surface area contributed by atoms with Crippen molar-refractivity contribution < 1.29 is 14.3 Å². The topological polar surface area (TPSA) is 106 Å². The number of morpholine rings is 1. The van der Waals surface area contributed by atoms with Gasteiger partial charge in [-0.2, -0.15) is 5.26 Å². The highest BCUT2D eigenvalue weighted by molar-refractivity contribution is 6.01. The smallest absolute Gasteiger partial charge is 0.323 e. The van der Waals surface area contributed by atoms with Crippen molar-refractivity contribution in [3.63, 3.8) is 0 Å². The molecule has 1 heterocycles. The van der Waals surface area contributed by atoms with E-state index in [1.807, 2.05) is 66.4 Å². The summed E-state index contributed by atoms with van der Waals surface area (Å²) in [6.07, 6.45) is 0. The number of carbonyl (C=O) groups is 2. The van der Waals surface area contributed by atoms with Crippen molar-refractivity contribution in [3.05, 3.63) is 89.5 Å². The Labute approximate surface area is 204 Å². The van der Waals surface area contributed by atoms with Crippen LogP contribution in [0.15, 0.2) is 72.8 Å². The molecule has 3 aromatic carbocycles. The Bertz CT molecular complexity index is 1210. The molecule has 0 bridgehead atoms. The van der Waals surface area contributed by atoms with E-state index in [9.17, 15) is 9.59 Å². The van der Waals surface area contributed by atoms with Gasteiger partial charge in [0.2, 0.25) is 0 Å². The average molecular weight is 470 g/mol. The number of hydrogen-bond acceptors (Lipinski definition) is 5. The molecule has 1 fully saturated rings. The zero-order valence-corrected chi connectivity index (χ0v) is 19.5. The predicted octanol–water partition coefficient (Wildman–Crippen LogP) is 4.85. The summed E-state index contributed by atoms with van der Waals surface area (Å²) in [6, 6.07) is 23.3. The zero-order chi connectivity index (χ0) is 24.6. The second kappa shape index (κ2) is 11.2. The maximum absolute atomic E-state index is 12.7. The lowest BCUT2D eigenvalue weighted by Gasteiger charge is -2.27. The molecule has 1 aliphatic rings. The Morgan fingerprint density at radius 1 is 0.914 bits per heavy atom. The van der Waals surface area contributed by atoms with Crippen LogP contribution in [-0.2, 0) is 4.74 Å². The van der Waals surface area contributed by atoms with E-state index in [0.29, 0.717) is 48.8 Å². The number of ether oxygens (including phenoxy) is 1. The van der Waals surface area contributed by atoms with Crippen LogP contribution in [0, 0.1) is 11.3 Å². The number of rotatable bonds is 6. The van der Waals surface area contributed by atoms with E-state index < -0.39 is 0 Å². The van der Waals surface area contributed by atoms with Crippen LogP contribution in [0.25, 0.3) is 0 Å². The molecule has 3 aromatic rings. The summed E-state index contributed by atoms with van der Waals surface area (Å²) in [5.74, 6) is 0.0169. The van der Waals surface area contributed by atoms with Gasteiger partial charge in [-0.25, -0.2) is 4.79 Å². The first-order valence-electron chi connectivity index (χ1n) is 11.4. The molecule has 1 aliphatic heterocycles. The average Bonchev–Trinajstić information content (AvgIpc) is 2.90. The van der Waals surface area contributed by atoms with Crippen LogP contribution in [0.2, 0.25) is 0 Å². The predicted molar refractivity (Wildman–Crippen MR) is 135 cm³/mol. The minimum absolute atomic E-state index is 0.0169. The second-order valence-corrected chi connectivity index (χ2v) is 8.21. The molecule has 0 aromatic heterocycles. The SMILES string of the molecule is CC(Nc1ccccc1NC(=O)Nc1ccc(C#N)cc1)c1ccc(C(=O)N2CCOCC2)cc1. The minimum Gasteiger partial charge on any atom is -0.378 e. The number of anilines is 3. The fourth-order valence-corrected chi connectivity index (χ4v) is 3.81. The quantitative estimate of drug-likeness (QED) is 0.479. The van der Waals surface area contributed by atoms with E-state index in [2.05, 4.69) is 16.0 Å². The highest BCUT2D eigenvalue weighted by Crippen LogP contribution is 2.27. The number of benzene rings is 3. The van der Waals surface area contributed by atoms with Gasteiger partial charge in [0.1, 0.15) is 0 Å². The highest BCUT2D eigenvalue weighted by atomic mass is 16.5. The van der Waals surface area contributed by atoms with Gasteiger partial charge in [-0.1, -0.05) is 24.3 Å². The molecule has 1 unspecified atom stereocenters. The van der Waals surface area contributed by atoms with E-state index >= 15 is 0 Å². The van der Waals surface area contributed by atoms with Crippen LogP contribution in [0.3, 0.4) is 0 Å². The van der Waals surface area contributed by atoms with E-state index in [-0.39, 0.29) is 18.0 Å². The largest absolute Gasteiger partial charge is 0.378 e. The lowest BCUT2D eigenvalue weighted by atomic mass is 10.0. The van der Waals surface area contributed by atoms with Crippen LogP contribution < -0.4 is 16.0 Å². The van der Waals surface area contributed by atoms with Crippen LogP contribution in [0.1, 0.15) is 34.5 Å². The van der Waals surface area contributed by atoms with Crippen molar-refractivity contribution in [1.29, 1.82) is 5.26 Å². The highest BCUT2D eigenvalue weighted by Gasteiger charge is 2.19. The van der Waals surface area contributed by atoms with Crippen LogP contribution in [0.5, 0.6) is 0 Å². The maximum Gasteiger partial charge on any atom is 0.323 e. The fourth-order valence-electron chi connectivity index (χ4n) is 3.81. The number of nitrogens with zero attached hydrogens (tertiary/aromatic N) is 2. The van der Waals surface area contributed by atoms with Crippen molar-refractivity contribution in [2.24, 2.45) is 0 Å². The molecular formula is C27H27N5O3. The molecular weight excluding hydrogens is 442 g/mol. The van der Waals surface area contributed by atoms with Crippen molar-refractivity contribution in [3.8, 4) is 6.07 Å². The van der Waals surface area contributed by atoms with E-state index in [0.717, 1.165) is 11.3 Å². The number of carbonyl (C=O) groups excluding carboxylic acids is 2. The van der Waals surface area contributed by atoms with Gasteiger partial charge >= 0.3 is 6.03 Å². The molecule has 8 nitrogen and oxygen atoms in total. The summed E-state index contributed by atoms with van der Waals surface area (Å²) >= 11 is 0. The number of hydrogen-bond donors (Lipinski definition) is 3. The Kier molecular flexibility index (Phi) is 7.60. The first-order chi connectivity index (χ1) is 17.0. The molecule has 178 valence electrons. The van der Waals surface area contributed by atoms with E-state index in [1.54, 1.807) is 24.3 Å². The van der Waals surface area contributed by atoms with Gasteiger partial charge < -0.3 is 25.6 Å². The van der Waals surface area contributed by atoms with Gasteiger partial charge in [-0.15, -0.1) is 0 Å². The van der Waals surface area contributed by atoms with Gasteiger partial charge in [0.05, 0.1) is 36.2 Å². The Morgan fingerprint density at radius 3 is 2.23 bits per heavy atom. The standard InChI is InChI=1S/C27H27N5O3/c1-19(21-8-10-22(11-9-21)26(33)32-14-16-35-17-15-32)29-24-4-2-3-5-25(24)31-27(34)30-23-12-6-20(18-28)7-13-23/h2-13,19,29H,14-17H2,1H3,(H2,30,31,34). The van der Waals surface area contributed by atoms with Gasteiger partial charge in [0, 0.05) is 30.4 Å². The monoisotopic (exact) mass is 469 g/mol. The molecule has 1 atom stereocenters. The minimum atomic E-state index is -0.386. The Morgan fingerprint density at radius 2 is 1.57 bits per heavy atom. The number of para-hydroxylation sites is 2. The number of nitriles is 1. The summed E-state index contributed by atoms with van der Waals surface area (Å²) in [7, 11) is 0. The summed E-state index contributed by atoms with van der Waals surface area (Å²) in [5, 5.41) is 18.0. The molecule has 4 rings (SSSR count). The molecule has 0 saturated carbocycles. The molecule has 35 heavy (non-hydrogen) atoms. The maximum atomic E-state index is 12.7. The summed E-state index contributed by atoms with van der Waals surface area (Å²) in [5.41, 5.74) is 4.18. The van der Waals surface area contributed by atoms with Gasteiger partial charge in [-0.3, -0.25) is 4.79 Å². The third-order valence-corrected chi connectivity index (χ3v) is 5.78. The van der Waals surface area contributed by atoms with Crippen molar-refractivity contribution in [2.45, 2.75) is 13.0 Å². The molecule has 3 N–H and O–H groups in total. The first kappa shape index (κ1) is 23.8. The Hall–Kier alpha value is -4.35. The second-order valence-electron chi connectivity index (χ2n) is 8.21. The van der Waals surface area contributed by atoms with Gasteiger partial charge in [-0.05, 0) is 61.0 Å². The summed E-state index contributed by atoms with van der Waals surface area (Å²) < 4.78 is 5.32. The molecule has 0 radical (unpaired) electrons. The van der Waals surface area contributed by atoms with Gasteiger partial charge in [0.25, 0.3) is 5.91 Å². The number of nitrogens with one attached hydrogen (secondary N) is 3. The van der Waals surface area contributed by atoms with Crippen molar-refractivity contribution in [2.75, 3.05) is 42.3 Å². The summed E-state index contributed by atoms with van der Waals surface area (Å²) in [4.78, 5) is 27.0. The number of amides is 3. The van der Waals surface area contributed by atoms with Crippen LogP contribution in [0.4, 0.5) is 21.9 Å². The Balaban J connectivity index is 1.38. The van der Waals surface area contributed by atoms with Crippen LogP contribution >= 0.6 is 0 Å². The van der Waals surface area contributed by atoms with E-state index in [4.69, 9.17) is 10.00 Å². The van der Waals surface area contributed by atoms with E-state index in [1.165, 1.54) is 0 Å². The molecule has 1 saturated heterocycles. The fraction of sp³-hybridized carbons (Fsp3) is 0.222. The zero-order valence-electron chi connectivity index (χ0n) is 19.5. The molecule has 0 spiro atoms. The molecule has 3 amide bonds. The molecule has 0 aliphatic carbocycles. The first-order valence-corrected chi connectivity index (χ1v) is 11.4. The van der Waals surface area contributed by atoms with Gasteiger partial charge in [0.15, 0.2) is 0 Å². The number of urea groups is 1. The third-order valence-electron chi connectivity index (χ3n) is 5.78. The van der Waals surface area contributed by atoms with Crippen molar-refractivity contribution >= 4 is 29.0 Å². The third kappa shape index (κ3) is 6.16. The summed E-state index contributed by atoms with van der Waals surface area (Å²) in [6.45, 7) is 4.39. The van der Waals surface area contributed by atoms with Crippen molar-refractivity contribution in [1.82, 2.24) is 4.90 Å². The lowest BCUT2D eigenvalue weighted by Crippen LogP contribution is -2.40. The molecule has 8 heteroatoms. The van der Waals surface area contributed by atoms with Crippen LogP contribution in [-0.4, -0.2) is 43.1 Å². The normalized spacial score (nSPS) is 13.9. The lowest BCUT2D eigenvalue weighted by molar-refractivity contribution is 0.0303.